The summed E-state index contributed by atoms with van der Waals surface area (Å²) in [5.41, 5.74) is 3.03. The predicted molar refractivity (Wildman–Crippen MR) is 83.7 cm³/mol. The highest BCUT2D eigenvalue weighted by atomic mass is 16.5. The van der Waals surface area contributed by atoms with Crippen LogP contribution < -0.4 is 10.1 Å². The number of ether oxygens (including phenoxy) is 1. The van der Waals surface area contributed by atoms with Crippen molar-refractivity contribution in [1.29, 1.82) is 0 Å². The van der Waals surface area contributed by atoms with E-state index in [0.717, 1.165) is 22.4 Å². The Kier molecular flexibility index (Phi) is 4.11. The van der Waals surface area contributed by atoms with Gasteiger partial charge in [-0.15, -0.1) is 0 Å². The molecule has 3 rings (SSSR count). The molecule has 0 saturated carbocycles. The fraction of sp³-hybridized carbons (Fsp3) is 0.278. The van der Waals surface area contributed by atoms with Crippen LogP contribution in [0, 0.1) is 0 Å². The summed E-state index contributed by atoms with van der Waals surface area (Å²) in [6.45, 7) is 0. The number of hydrogen-bond donors (Lipinski definition) is 2. The van der Waals surface area contributed by atoms with Gasteiger partial charge in [-0.1, -0.05) is 36.4 Å². The van der Waals surface area contributed by atoms with Crippen molar-refractivity contribution in [2.24, 2.45) is 0 Å². The van der Waals surface area contributed by atoms with E-state index in [1.165, 1.54) is 0 Å². The van der Waals surface area contributed by atoms with Crippen LogP contribution in [0.4, 0.5) is 0 Å². The van der Waals surface area contributed by atoms with Gasteiger partial charge in [-0.25, -0.2) is 0 Å². The second-order valence-electron chi connectivity index (χ2n) is 5.54. The standard InChI is InChI=1S/C18H19NO3/c1-22-14-8-6-12(7-9-14)10-17(21)19-18-15-5-3-2-4-13(15)11-16(18)20/h2-9,16,18,20H,10-11H2,1H3,(H,19,21). The maximum absolute atomic E-state index is 12.2. The molecule has 1 aliphatic rings. The third-order valence-electron chi connectivity index (χ3n) is 4.04. The predicted octanol–water partition coefficient (Wildman–Crippen LogP) is 2.01. The first-order valence-corrected chi connectivity index (χ1v) is 7.35. The zero-order chi connectivity index (χ0) is 15.5. The molecule has 0 fully saturated rings. The van der Waals surface area contributed by atoms with Crippen LogP contribution in [0.3, 0.4) is 0 Å². The molecule has 2 atom stereocenters. The molecule has 0 aliphatic heterocycles. The molecule has 0 aromatic heterocycles. The SMILES string of the molecule is COc1ccc(CC(=O)NC2c3ccccc3CC2O)cc1. The van der Waals surface area contributed by atoms with Crippen LogP contribution in [0.2, 0.25) is 0 Å². The van der Waals surface area contributed by atoms with Gasteiger partial charge in [-0.2, -0.15) is 0 Å². The minimum absolute atomic E-state index is 0.0917. The summed E-state index contributed by atoms with van der Waals surface area (Å²) in [4.78, 5) is 12.2. The van der Waals surface area contributed by atoms with Crippen molar-refractivity contribution in [1.82, 2.24) is 5.32 Å². The van der Waals surface area contributed by atoms with E-state index in [-0.39, 0.29) is 18.4 Å². The van der Waals surface area contributed by atoms with Crippen LogP contribution in [0.25, 0.3) is 0 Å². The van der Waals surface area contributed by atoms with Gasteiger partial charge < -0.3 is 15.2 Å². The molecule has 2 unspecified atom stereocenters. The number of aliphatic hydroxyl groups is 1. The topological polar surface area (TPSA) is 58.6 Å². The van der Waals surface area contributed by atoms with Crippen molar-refractivity contribution >= 4 is 5.91 Å². The quantitative estimate of drug-likeness (QED) is 0.907. The van der Waals surface area contributed by atoms with Gasteiger partial charge in [0, 0.05) is 6.42 Å². The van der Waals surface area contributed by atoms with E-state index in [1.54, 1.807) is 7.11 Å². The average Bonchev–Trinajstić information content (AvgIpc) is 2.84. The number of nitrogens with one attached hydrogen (secondary N) is 1. The normalized spacial score (nSPS) is 19.5. The number of aliphatic hydroxyl groups excluding tert-OH is 1. The zero-order valence-electron chi connectivity index (χ0n) is 12.5. The maximum atomic E-state index is 12.2. The van der Waals surface area contributed by atoms with Crippen LogP contribution in [0.15, 0.2) is 48.5 Å². The van der Waals surface area contributed by atoms with Crippen molar-refractivity contribution < 1.29 is 14.6 Å². The lowest BCUT2D eigenvalue weighted by Gasteiger charge is -2.18. The Morgan fingerprint density at radius 3 is 2.68 bits per heavy atom. The van der Waals surface area contributed by atoms with Crippen LogP contribution in [0.1, 0.15) is 22.7 Å². The third kappa shape index (κ3) is 2.97. The summed E-state index contributed by atoms with van der Waals surface area (Å²) in [7, 11) is 1.61. The second-order valence-corrected chi connectivity index (χ2v) is 5.54. The number of carbonyl (C=O) groups is 1. The van der Waals surface area contributed by atoms with E-state index in [4.69, 9.17) is 4.74 Å². The average molecular weight is 297 g/mol. The number of rotatable bonds is 4. The van der Waals surface area contributed by atoms with E-state index in [9.17, 15) is 9.90 Å². The maximum Gasteiger partial charge on any atom is 0.224 e. The summed E-state index contributed by atoms with van der Waals surface area (Å²) >= 11 is 0. The van der Waals surface area contributed by atoms with Gasteiger partial charge >= 0.3 is 0 Å². The zero-order valence-corrected chi connectivity index (χ0v) is 12.5. The molecule has 0 spiro atoms. The van der Waals surface area contributed by atoms with E-state index in [1.807, 2.05) is 48.5 Å². The molecule has 0 bridgehead atoms. The van der Waals surface area contributed by atoms with Crippen molar-refractivity contribution in [3.63, 3.8) is 0 Å². The molecule has 2 aromatic carbocycles. The van der Waals surface area contributed by atoms with Gasteiger partial charge in [0.05, 0.1) is 25.7 Å². The Hall–Kier alpha value is -2.33. The molecule has 114 valence electrons. The lowest BCUT2D eigenvalue weighted by Crippen LogP contribution is -2.34. The van der Waals surface area contributed by atoms with E-state index < -0.39 is 6.10 Å². The fourth-order valence-corrected chi connectivity index (χ4v) is 2.90. The molecule has 2 N–H and O–H groups in total. The largest absolute Gasteiger partial charge is 0.497 e. The Labute approximate surface area is 129 Å². The number of hydrogen-bond acceptors (Lipinski definition) is 3. The molecule has 4 nitrogen and oxygen atoms in total. The van der Waals surface area contributed by atoms with Gasteiger partial charge in [0.1, 0.15) is 5.75 Å². The summed E-state index contributed by atoms with van der Waals surface area (Å²) in [5, 5.41) is 13.1. The van der Waals surface area contributed by atoms with Crippen LogP contribution in [-0.4, -0.2) is 24.2 Å². The van der Waals surface area contributed by atoms with Gasteiger partial charge in [-0.3, -0.25) is 4.79 Å². The van der Waals surface area contributed by atoms with E-state index >= 15 is 0 Å². The lowest BCUT2D eigenvalue weighted by atomic mass is 10.1. The summed E-state index contributed by atoms with van der Waals surface area (Å²) < 4.78 is 5.10. The van der Waals surface area contributed by atoms with Crippen LogP contribution in [-0.2, 0) is 17.6 Å². The molecule has 1 amide bonds. The van der Waals surface area contributed by atoms with Crippen molar-refractivity contribution in [2.75, 3.05) is 7.11 Å². The molecule has 4 heteroatoms. The first-order chi connectivity index (χ1) is 10.7. The monoisotopic (exact) mass is 297 g/mol. The number of benzene rings is 2. The molecular formula is C18H19NO3. The van der Waals surface area contributed by atoms with E-state index in [0.29, 0.717) is 6.42 Å². The first-order valence-electron chi connectivity index (χ1n) is 7.35. The molecular weight excluding hydrogens is 278 g/mol. The molecule has 22 heavy (non-hydrogen) atoms. The smallest absolute Gasteiger partial charge is 0.224 e. The summed E-state index contributed by atoms with van der Waals surface area (Å²) in [5.74, 6) is 0.676. The van der Waals surface area contributed by atoms with E-state index in [2.05, 4.69) is 5.32 Å². The van der Waals surface area contributed by atoms with Gasteiger partial charge in [0.25, 0.3) is 0 Å². The highest BCUT2D eigenvalue weighted by Gasteiger charge is 2.31. The van der Waals surface area contributed by atoms with Crippen molar-refractivity contribution in [2.45, 2.75) is 25.0 Å². The molecule has 0 saturated heterocycles. The van der Waals surface area contributed by atoms with Crippen LogP contribution in [0.5, 0.6) is 5.75 Å². The Morgan fingerprint density at radius 2 is 1.95 bits per heavy atom. The molecule has 0 radical (unpaired) electrons. The van der Waals surface area contributed by atoms with Crippen molar-refractivity contribution in [3.8, 4) is 5.75 Å². The Bertz CT molecular complexity index is 666. The number of methoxy groups -OCH3 is 1. The minimum Gasteiger partial charge on any atom is -0.497 e. The number of amides is 1. The lowest BCUT2D eigenvalue weighted by molar-refractivity contribution is -0.121. The molecule has 0 heterocycles. The third-order valence-corrected chi connectivity index (χ3v) is 4.04. The van der Waals surface area contributed by atoms with Gasteiger partial charge in [-0.05, 0) is 28.8 Å². The molecule has 2 aromatic rings. The fourth-order valence-electron chi connectivity index (χ4n) is 2.90. The summed E-state index contributed by atoms with van der Waals surface area (Å²) in [6, 6.07) is 14.9. The summed E-state index contributed by atoms with van der Waals surface area (Å²) in [6.07, 6.45) is 0.316. The van der Waals surface area contributed by atoms with Crippen LogP contribution >= 0.6 is 0 Å². The molecule has 1 aliphatic carbocycles. The van der Waals surface area contributed by atoms with Crippen molar-refractivity contribution in [3.05, 3.63) is 65.2 Å². The minimum atomic E-state index is -0.558. The Balaban J connectivity index is 1.66. The van der Waals surface area contributed by atoms with Gasteiger partial charge in [0.2, 0.25) is 5.91 Å². The second kappa shape index (κ2) is 6.20. The first kappa shape index (κ1) is 14.6. The highest BCUT2D eigenvalue weighted by molar-refractivity contribution is 5.79. The highest BCUT2D eigenvalue weighted by Crippen LogP contribution is 2.31. The number of fused-ring (bicyclic) bond motifs is 1. The Morgan fingerprint density at radius 1 is 1.23 bits per heavy atom. The van der Waals surface area contributed by atoms with Gasteiger partial charge in [0.15, 0.2) is 0 Å². The number of carbonyl (C=O) groups excluding carboxylic acids is 1.